The quantitative estimate of drug-likeness (QED) is 0.644. The lowest BCUT2D eigenvalue weighted by Crippen LogP contribution is -2.25. The molecule has 126 valence electrons. The maximum Gasteiger partial charge on any atom is 0.254 e. The van der Waals surface area contributed by atoms with Gasteiger partial charge in [0.25, 0.3) is 5.56 Å². The number of hydrogen-bond donors (Lipinski definition) is 2. The first-order chi connectivity index (χ1) is 11.6. The van der Waals surface area contributed by atoms with Crippen LogP contribution in [0.1, 0.15) is 31.0 Å². The number of aromatic amines is 1. The van der Waals surface area contributed by atoms with Crippen molar-refractivity contribution in [2.75, 3.05) is 5.32 Å². The molecule has 1 aromatic carbocycles. The van der Waals surface area contributed by atoms with E-state index in [4.69, 9.17) is 0 Å². The van der Waals surface area contributed by atoms with Crippen LogP contribution in [0, 0.1) is 5.82 Å². The molecule has 5 nitrogen and oxygen atoms in total. The molecular weight excluding hydrogens is 329 g/mol. The summed E-state index contributed by atoms with van der Waals surface area (Å²) in [6, 6.07) is 5.62. The van der Waals surface area contributed by atoms with Crippen molar-refractivity contribution >= 4 is 23.4 Å². The Kier molecular flexibility index (Phi) is 4.99. The smallest absolute Gasteiger partial charge is 0.254 e. The van der Waals surface area contributed by atoms with Crippen LogP contribution in [0.5, 0.6) is 0 Å². The maximum absolute atomic E-state index is 12.9. The number of carbonyl (C=O) groups is 1. The number of rotatable bonds is 5. The lowest BCUT2D eigenvalue weighted by molar-refractivity contribution is -0.115. The maximum atomic E-state index is 12.9. The summed E-state index contributed by atoms with van der Waals surface area (Å²) in [4.78, 5) is 31.7. The van der Waals surface area contributed by atoms with Crippen molar-refractivity contribution in [3.63, 3.8) is 0 Å². The molecule has 2 aromatic rings. The Morgan fingerprint density at radius 1 is 1.38 bits per heavy atom. The van der Waals surface area contributed by atoms with Crippen molar-refractivity contribution in [2.24, 2.45) is 0 Å². The molecule has 0 fully saturated rings. The van der Waals surface area contributed by atoms with Gasteiger partial charge >= 0.3 is 0 Å². The first-order valence-electron chi connectivity index (χ1n) is 7.92. The van der Waals surface area contributed by atoms with E-state index < -0.39 is 5.25 Å². The summed E-state index contributed by atoms with van der Waals surface area (Å²) < 4.78 is 12.9. The topological polar surface area (TPSA) is 74.8 Å². The molecule has 1 unspecified atom stereocenters. The van der Waals surface area contributed by atoms with E-state index in [-0.39, 0.29) is 17.3 Å². The molecule has 0 spiro atoms. The fraction of sp³-hybridized carbons (Fsp3) is 0.353. The van der Waals surface area contributed by atoms with Crippen LogP contribution in [0.4, 0.5) is 10.1 Å². The minimum Gasteiger partial charge on any atom is -0.325 e. The highest BCUT2D eigenvalue weighted by atomic mass is 32.2. The number of hydrogen-bond acceptors (Lipinski definition) is 4. The predicted octanol–water partition coefficient (Wildman–Crippen LogP) is 2.91. The van der Waals surface area contributed by atoms with Gasteiger partial charge in [-0.3, -0.25) is 9.59 Å². The molecule has 0 bridgehead atoms. The van der Waals surface area contributed by atoms with Gasteiger partial charge in [0.15, 0.2) is 5.16 Å². The summed E-state index contributed by atoms with van der Waals surface area (Å²) in [5.74, 6) is -0.549. The molecular formula is C17H18FN3O2S. The molecule has 7 heteroatoms. The standard InChI is InChI=1S/C17H18FN3O2S/c1-2-14(16(23)19-11-8-6-10(18)7-9-11)24-17-20-13-5-3-4-12(13)15(22)21-17/h6-9,14H,2-5H2,1H3,(H,19,23)(H,20,21,22). The summed E-state index contributed by atoms with van der Waals surface area (Å²) in [5, 5.41) is 2.84. The van der Waals surface area contributed by atoms with Crippen molar-refractivity contribution in [1.29, 1.82) is 0 Å². The zero-order chi connectivity index (χ0) is 17.1. The number of H-pyrrole nitrogens is 1. The number of nitrogens with one attached hydrogen (secondary N) is 2. The van der Waals surface area contributed by atoms with Crippen molar-refractivity contribution in [1.82, 2.24) is 9.97 Å². The fourth-order valence-electron chi connectivity index (χ4n) is 2.69. The second kappa shape index (κ2) is 7.17. The Bertz CT molecular complexity index is 804. The number of thioether (sulfide) groups is 1. The molecule has 3 rings (SSSR count). The van der Waals surface area contributed by atoms with E-state index in [1.54, 1.807) is 0 Å². The second-order valence-corrected chi connectivity index (χ2v) is 6.85. The number of anilines is 1. The molecule has 0 radical (unpaired) electrons. The summed E-state index contributed by atoms with van der Waals surface area (Å²) in [5.41, 5.74) is 2.04. The third-order valence-electron chi connectivity index (χ3n) is 3.95. The average Bonchev–Trinajstić information content (AvgIpc) is 3.03. The van der Waals surface area contributed by atoms with Crippen LogP contribution in [-0.2, 0) is 17.6 Å². The molecule has 24 heavy (non-hydrogen) atoms. The lowest BCUT2D eigenvalue weighted by atomic mass is 10.2. The number of carbonyl (C=O) groups excluding carboxylic acids is 1. The predicted molar refractivity (Wildman–Crippen MR) is 91.8 cm³/mol. The van der Waals surface area contributed by atoms with Crippen LogP contribution in [0.2, 0.25) is 0 Å². The minimum absolute atomic E-state index is 0.103. The average molecular weight is 347 g/mol. The Labute approximate surface area is 143 Å². The van der Waals surface area contributed by atoms with Gasteiger partial charge in [0, 0.05) is 11.3 Å². The molecule has 1 atom stereocenters. The van der Waals surface area contributed by atoms with Gasteiger partial charge in [-0.25, -0.2) is 9.37 Å². The second-order valence-electron chi connectivity index (χ2n) is 5.66. The van der Waals surface area contributed by atoms with Crippen LogP contribution >= 0.6 is 11.8 Å². The first kappa shape index (κ1) is 16.7. The Hall–Kier alpha value is -2.15. The van der Waals surface area contributed by atoms with Crippen LogP contribution in [0.15, 0.2) is 34.2 Å². The van der Waals surface area contributed by atoms with Crippen molar-refractivity contribution in [3.8, 4) is 0 Å². The third-order valence-corrected chi connectivity index (χ3v) is 5.20. The zero-order valence-corrected chi connectivity index (χ0v) is 14.1. The Morgan fingerprint density at radius 3 is 2.83 bits per heavy atom. The molecule has 1 amide bonds. The van der Waals surface area contributed by atoms with Crippen molar-refractivity contribution in [3.05, 3.63) is 51.7 Å². The van der Waals surface area contributed by atoms with Crippen LogP contribution in [0.3, 0.4) is 0 Å². The molecule has 1 aliphatic carbocycles. The molecule has 0 saturated heterocycles. The van der Waals surface area contributed by atoms with E-state index in [1.165, 1.54) is 36.0 Å². The van der Waals surface area contributed by atoms with Crippen molar-refractivity contribution in [2.45, 2.75) is 43.0 Å². The van der Waals surface area contributed by atoms with Gasteiger partial charge in [0.05, 0.1) is 10.9 Å². The highest BCUT2D eigenvalue weighted by Gasteiger charge is 2.22. The van der Waals surface area contributed by atoms with E-state index in [0.29, 0.717) is 17.3 Å². The van der Waals surface area contributed by atoms with E-state index in [9.17, 15) is 14.0 Å². The largest absolute Gasteiger partial charge is 0.325 e. The van der Waals surface area contributed by atoms with Crippen LogP contribution < -0.4 is 10.9 Å². The monoisotopic (exact) mass is 347 g/mol. The van der Waals surface area contributed by atoms with Crippen molar-refractivity contribution < 1.29 is 9.18 Å². The number of fused-ring (bicyclic) bond motifs is 1. The highest BCUT2D eigenvalue weighted by Crippen LogP contribution is 2.25. The number of aromatic nitrogens is 2. The van der Waals surface area contributed by atoms with Gasteiger partial charge < -0.3 is 10.3 Å². The van der Waals surface area contributed by atoms with Crippen LogP contribution in [-0.4, -0.2) is 21.1 Å². The summed E-state index contributed by atoms with van der Waals surface area (Å²) in [7, 11) is 0. The van der Waals surface area contributed by atoms with Gasteiger partial charge in [-0.2, -0.15) is 0 Å². The molecule has 0 aliphatic heterocycles. The van der Waals surface area contributed by atoms with Gasteiger partial charge in [-0.05, 0) is 49.9 Å². The van der Waals surface area contributed by atoms with Crippen LogP contribution in [0.25, 0.3) is 0 Å². The van der Waals surface area contributed by atoms with Gasteiger partial charge in [0.2, 0.25) is 5.91 Å². The SMILES string of the molecule is CCC(Sc1nc2c(c(=O)[nH]1)CCC2)C(=O)Nc1ccc(F)cc1. The fourth-order valence-corrected chi connectivity index (χ4v) is 3.60. The lowest BCUT2D eigenvalue weighted by Gasteiger charge is -2.14. The Morgan fingerprint density at radius 2 is 2.12 bits per heavy atom. The zero-order valence-electron chi connectivity index (χ0n) is 13.3. The summed E-state index contributed by atoms with van der Waals surface area (Å²) in [6.45, 7) is 1.90. The van der Waals surface area contributed by atoms with E-state index in [2.05, 4.69) is 15.3 Å². The normalized spacial score (nSPS) is 14.2. The van der Waals surface area contributed by atoms with Gasteiger partial charge in [-0.15, -0.1) is 0 Å². The Balaban J connectivity index is 1.72. The number of nitrogens with zero attached hydrogens (tertiary/aromatic N) is 1. The van der Waals surface area contributed by atoms with Gasteiger partial charge in [-0.1, -0.05) is 18.7 Å². The molecule has 1 heterocycles. The van der Waals surface area contributed by atoms with Gasteiger partial charge in [0.1, 0.15) is 5.82 Å². The minimum atomic E-state index is -0.391. The van der Waals surface area contributed by atoms with E-state index in [0.717, 1.165) is 30.5 Å². The number of halogens is 1. The summed E-state index contributed by atoms with van der Waals surface area (Å²) in [6.07, 6.45) is 3.11. The molecule has 0 saturated carbocycles. The number of amides is 1. The first-order valence-corrected chi connectivity index (χ1v) is 8.80. The molecule has 2 N–H and O–H groups in total. The van der Waals surface area contributed by atoms with E-state index in [1.807, 2.05) is 6.92 Å². The third kappa shape index (κ3) is 3.67. The molecule has 1 aliphatic rings. The highest BCUT2D eigenvalue weighted by molar-refractivity contribution is 8.00. The molecule has 1 aromatic heterocycles. The number of aryl methyl sites for hydroxylation is 1. The number of benzene rings is 1. The summed E-state index contributed by atoms with van der Waals surface area (Å²) >= 11 is 1.25. The van der Waals surface area contributed by atoms with E-state index >= 15 is 0 Å².